The summed E-state index contributed by atoms with van der Waals surface area (Å²) in [6.07, 6.45) is 0.456. The van der Waals surface area contributed by atoms with Gasteiger partial charge in [0.25, 0.3) is 5.92 Å². The fraction of sp³-hybridized carbons (Fsp3) is 0.500. The molecule has 2 fully saturated rings. The van der Waals surface area contributed by atoms with E-state index >= 15 is 0 Å². The zero-order chi connectivity index (χ0) is 17.5. The summed E-state index contributed by atoms with van der Waals surface area (Å²) in [5.74, 6) is -0.898. The van der Waals surface area contributed by atoms with Gasteiger partial charge in [-0.15, -0.1) is 0 Å². The van der Waals surface area contributed by atoms with E-state index in [0.717, 1.165) is 17.2 Å². The summed E-state index contributed by atoms with van der Waals surface area (Å²) in [7, 11) is 0. The van der Waals surface area contributed by atoms with Gasteiger partial charge in [-0.05, 0) is 37.6 Å². The van der Waals surface area contributed by atoms with Crippen molar-refractivity contribution in [3.8, 4) is 0 Å². The van der Waals surface area contributed by atoms with Crippen LogP contribution in [0.15, 0.2) is 46.9 Å². The number of furan rings is 1. The monoisotopic (exact) mass is 346 g/mol. The molecule has 0 saturated carbocycles. The van der Waals surface area contributed by atoms with Crippen molar-refractivity contribution in [3.05, 3.63) is 54.0 Å². The topological polar surface area (TPSA) is 19.6 Å². The van der Waals surface area contributed by atoms with Crippen LogP contribution in [0, 0.1) is 12.3 Å². The lowest BCUT2D eigenvalue weighted by Crippen LogP contribution is -2.56. The molecule has 2 saturated heterocycles. The number of piperidine rings is 1. The molecule has 1 unspecified atom stereocenters. The van der Waals surface area contributed by atoms with Crippen molar-refractivity contribution in [1.29, 1.82) is 0 Å². The number of anilines is 1. The summed E-state index contributed by atoms with van der Waals surface area (Å²) in [4.78, 5) is 4.23. The molecule has 3 nitrogen and oxygen atoms in total. The molecule has 5 heteroatoms. The van der Waals surface area contributed by atoms with Gasteiger partial charge in [0, 0.05) is 38.3 Å². The summed E-state index contributed by atoms with van der Waals surface area (Å²) >= 11 is 0. The van der Waals surface area contributed by atoms with Crippen LogP contribution in [0.25, 0.3) is 0 Å². The second-order valence-electron chi connectivity index (χ2n) is 7.46. The van der Waals surface area contributed by atoms with E-state index in [9.17, 15) is 8.78 Å². The minimum absolute atomic E-state index is 0.0741. The largest absolute Gasteiger partial charge is 0.465 e. The van der Waals surface area contributed by atoms with E-state index in [0.29, 0.717) is 39.1 Å². The van der Waals surface area contributed by atoms with Gasteiger partial charge < -0.3 is 9.32 Å². The molecule has 0 radical (unpaired) electrons. The van der Waals surface area contributed by atoms with Crippen molar-refractivity contribution < 1.29 is 13.2 Å². The number of hydrogen-bond donors (Lipinski definition) is 0. The normalized spacial score (nSPS) is 26.4. The lowest BCUT2D eigenvalue weighted by Gasteiger charge is -2.45. The predicted molar refractivity (Wildman–Crippen MR) is 94.0 cm³/mol. The maximum atomic E-state index is 14.9. The van der Waals surface area contributed by atoms with Gasteiger partial charge in [0.1, 0.15) is 11.5 Å². The van der Waals surface area contributed by atoms with Gasteiger partial charge in [-0.25, -0.2) is 8.78 Å². The molecule has 1 atom stereocenters. The highest BCUT2D eigenvalue weighted by atomic mass is 19.3. The summed E-state index contributed by atoms with van der Waals surface area (Å²) < 4.78 is 35.4. The molecule has 3 heterocycles. The number of likely N-dealkylation sites (tertiary alicyclic amines) is 1. The van der Waals surface area contributed by atoms with Crippen LogP contribution >= 0.6 is 0 Å². The van der Waals surface area contributed by atoms with Gasteiger partial charge in [0.15, 0.2) is 0 Å². The molecule has 0 aliphatic carbocycles. The van der Waals surface area contributed by atoms with Crippen LogP contribution < -0.4 is 4.90 Å². The quantitative estimate of drug-likeness (QED) is 0.825. The Morgan fingerprint density at radius 1 is 1.00 bits per heavy atom. The van der Waals surface area contributed by atoms with Crippen molar-refractivity contribution >= 4 is 5.69 Å². The highest BCUT2D eigenvalue weighted by Crippen LogP contribution is 2.50. The summed E-state index contributed by atoms with van der Waals surface area (Å²) in [5, 5.41) is 0. The molecule has 4 rings (SSSR count). The predicted octanol–water partition coefficient (Wildman–Crippen LogP) is 4.33. The first-order valence-electron chi connectivity index (χ1n) is 8.93. The Labute approximate surface area is 147 Å². The molecule has 0 amide bonds. The SMILES string of the molecule is Cc1ccc(CN2CCC(F)(F)C3(CCN(c4ccccc4)C3)C2)o1. The Bertz CT molecular complexity index is 730. The number of aryl methyl sites for hydroxylation is 1. The lowest BCUT2D eigenvalue weighted by atomic mass is 9.75. The second-order valence-corrected chi connectivity index (χ2v) is 7.46. The molecule has 2 aliphatic heterocycles. The highest BCUT2D eigenvalue weighted by molar-refractivity contribution is 5.47. The number of halogens is 2. The fourth-order valence-electron chi connectivity index (χ4n) is 4.27. The Kier molecular flexibility index (Phi) is 4.07. The summed E-state index contributed by atoms with van der Waals surface area (Å²) in [5.41, 5.74) is 0.0666. The number of nitrogens with zero attached hydrogens (tertiary/aromatic N) is 2. The highest BCUT2D eigenvalue weighted by Gasteiger charge is 2.59. The third kappa shape index (κ3) is 3.06. The van der Waals surface area contributed by atoms with Crippen LogP contribution in [0.3, 0.4) is 0 Å². The maximum absolute atomic E-state index is 14.9. The minimum atomic E-state index is -2.62. The Balaban J connectivity index is 1.52. The Hall–Kier alpha value is -1.88. The molecule has 0 N–H and O–H groups in total. The fourth-order valence-corrected chi connectivity index (χ4v) is 4.27. The third-order valence-electron chi connectivity index (χ3n) is 5.69. The molecular weight excluding hydrogens is 322 g/mol. The van der Waals surface area contributed by atoms with Gasteiger partial charge in [-0.1, -0.05) is 18.2 Å². The molecule has 25 heavy (non-hydrogen) atoms. The van der Waals surface area contributed by atoms with Gasteiger partial charge >= 0.3 is 0 Å². The van der Waals surface area contributed by atoms with Gasteiger partial charge in [-0.2, -0.15) is 0 Å². The number of para-hydroxylation sites is 1. The summed E-state index contributed by atoms with van der Waals surface area (Å²) in [6, 6.07) is 13.8. The van der Waals surface area contributed by atoms with E-state index in [2.05, 4.69) is 9.80 Å². The number of rotatable bonds is 3. The van der Waals surface area contributed by atoms with E-state index in [4.69, 9.17) is 4.42 Å². The smallest absolute Gasteiger partial charge is 0.257 e. The Morgan fingerprint density at radius 3 is 2.52 bits per heavy atom. The van der Waals surface area contributed by atoms with Crippen molar-refractivity contribution in [2.75, 3.05) is 31.1 Å². The van der Waals surface area contributed by atoms with E-state index < -0.39 is 11.3 Å². The van der Waals surface area contributed by atoms with E-state index in [1.165, 1.54) is 0 Å². The third-order valence-corrected chi connectivity index (χ3v) is 5.69. The molecule has 134 valence electrons. The van der Waals surface area contributed by atoms with Crippen molar-refractivity contribution in [2.24, 2.45) is 5.41 Å². The number of alkyl halides is 2. The van der Waals surface area contributed by atoms with Crippen LogP contribution in [0.5, 0.6) is 0 Å². The van der Waals surface area contributed by atoms with Gasteiger partial charge in [0.2, 0.25) is 0 Å². The van der Waals surface area contributed by atoms with Gasteiger partial charge in [-0.3, -0.25) is 4.90 Å². The number of benzene rings is 1. The second kappa shape index (κ2) is 6.13. The lowest BCUT2D eigenvalue weighted by molar-refractivity contribution is -0.159. The van der Waals surface area contributed by atoms with E-state index in [1.54, 1.807) is 0 Å². The zero-order valence-corrected chi connectivity index (χ0v) is 14.5. The zero-order valence-electron chi connectivity index (χ0n) is 14.5. The molecule has 1 spiro atoms. The average Bonchev–Trinajstić information content (AvgIpc) is 3.20. The molecule has 1 aromatic heterocycles. The first kappa shape index (κ1) is 16.6. The molecule has 2 aliphatic rings. The van der Waals surface area contributed by atoms with Crippen LogP contribution in [0.2, 0.25) is 0 Å². The standard InChI is InChI=1S/C20H24F2N2O/c1-16-7-8-18(25-16)13-23-11-10-20(21,22)19(14-23)9-12-24(15-19)17-5-3-2-4-6-17/h2-8H,9-15H2,1H3. The van der Waals surface area contributed by atoms with Crippen LogP contribution in [0.1, 0.15) is 24.4 Å². The first-order chi connectivity index (χ1) is 12.0. The Morgan fingerprint density at radius 2 is 1.80 bits per heavy atom. The van der Waals surface area contributed by atoms with E-state index in [-0.39, 0.29) is 6.42 Å². The van der Waals surface area contributed by atoms with Crippen molar-refractivity contribution in [2.45, 2.75) is 32.2 Å². The molecule has 1 aromatic carbocycles. The van der Waals surface area contributed by atoms with Crippen molar-refractivity contribution in [1.82, 2.24) is 4.90 Å². The molecule has 2 aromatic rings. The van der Waals surface area contributed by atoms with Crippen LogP contribution in [-0.2, 0) is 6.54 Å². The first-order valence-corrected chi connectivity index (χ1v) is 8.93. The van der Waals surface area contributed by atoms with Crippen molar-refractivity contribution in [3.63, 3.8) is 0 Å². The van der Waals surface area contributed by atoms with Crippen LogP contribution in [-0.4, -0.2) is 37.0 Å². The average molecular weight is 346 g/mol. The minimum Gasteiger partial charge on any atom is -0.465 e. The maximum Gasteiger partial charge on any atom is 0.257 e. The van der Waals surface area contributed by atoms with Gasteiger partial charge in [0.05, 0.1) is 12.0 Å². The van der Waals surface area contributed by atoms with E-state index in [1.807, 2.05) is 49.4 Å². The molecular formula is C20H24F2N2O. The molecule has 0 bridgehead atoms. The number of hydrogen-bond acceptors (Lipinski definition) is 3. The summed E-state index contributed by atoms with van der Waals surface area (Å²) in [6.45, 7) is 4.45. The van der Waals surface area contributed by atoms with Crippen LogP contribution in [0.4, 0.5) is 14.5 Å².